The summed E-state index contributed by atoms with van der Waals surface area (Å²) in [4.78, 5) is 14.4. The average molecular weight is 247 g/mol. The molecule has 0 atom stereocenters. The maximum atomic E-state index is 10.8. The first-order chi connectivity index (χ1) is 8.49. The molecule has 0 aliphatic carbocycles. The molecule has 0 unspecified atom stereocenters. The SMILES string of the molecule is CC(C)n1nccc1-c1cc([N+](=O)[O-])cc(N)n1. The molecule has 0 radical (unpaired) electrons. The highest BCUT2D eigenvalue weighted by Gasteiger charge is 2.15. The van der Waals surface area contributed by atoms with E-state index in [9.17, 15) is 10.1 Å². The van der Waals surface area contributed by atoms with Crippen LogP contribution >= 0.6 is 0 Å². The maximum absolute atomic E-state index is 10.8. The van der Waals surface area contributed by atoms with Gasteiger partial charge < -0.3 is 5.73 Å². The number of pyridine rings is 1. The van der Waals surface area contributed by atoms with Crippen LogP contribution in [0.25, 0.3) is 11.4 Å². The molecule has 0 aliphatic heterocycles. The Kier molecular flexibility index (Phi) is 2.97. The number of nitrogens with zero attached hydrogens (tertiary/aromatic N) is 4. The summed E-state index contributed by atoms with van der Waals surface area (Å²) in [5, 5.41) is 15.0. The summed E-state index contributed by atoms with van der Waals surface area (Å²) < 4.78 is 1.74. The lowest BCUT2D eigenvalue weighted by Gasteiger charge is -2.10. The molecule has 2 aromatic rings. The van der Waals surface area contributed by atoms with Gasteiger partial charge in [-0.3, -0.25) is 14.8 Å². The molecule has 18 heavy (non-hydrogen) atoms. The van der Waals surface area contributed by atoms with Gasteiger partial charge in [0.15, 0.2) is 0 Å². The first kappa shape index (κ1) is 12.0. The third kappa shape index (κ3) is 2.15. The van der Waals surface area contributed by atoms with Crippen LogP contribution in [0.15, 0.2) is 24.4 Å². The van der Waals surface area contributed by atoms with Crippen LogP contribution in [0.3, 0.4) is 0 Å². The van der Waals surface area contributed by atoms with E-state index in [1.165, 1.54) is 12.1 Å². The van der Waals surface area contributed by atoms with E-state index in [2.05, 4.69) is 10.1 Å². The molecule has 2 rings (SSSR count). The zero-order valence-corrected chi connectivity index (χ0v) is 10.1. The molecule has 7 nitrogen and oxygen atoms in total. The maximum Gasteiger partial charge on any atom is 0.275 e. The zero-order valence-electron chi connectivity index (χ0n) is 10.1. The summed E-state index contributed by atoms with van der Waals surface area (Å²) in [6.45, 7) is 3.94. The fourth-order valence-corrected chi connectivity index (χ4v) is 1.70. The summed E-state index contributed by atoms with van der Waals surface area (Å²) in [6, 6.07) is 4.52. The highest BCUT2D eigenvalue weighted by Crippen LogP contribution is 2.25. The summed E-state index contributed by atoms with van der Waals surface area (Å²) >= 11 is 0. The second-order valence-corrected chi connectivity index (χ2v) is 4.15. The van der Waals surface area contributed by atoms with Gasteiger partial charge in [-0.1, -0.05) is 0 Å². The first-order valence-electron chi connectivity index (χ1n) is 5.45. The Labute approximate surface area is 103 Å². The first-order valence-corrected chi connectivity index (χ1v) is 5.45. The minimum absolute atomic E-state index is 0.0750. The number of nitrogen functional groups attached to an aromatic ring is 1. The van der Waals surface area contributed by atoms with Gasteiger partial charge in [-0.15, -0.1) is 0 Å². The molecule has 2 aromatic heterocycles. The molecule has 0 amide bonds. The van der Waals surface area contributed by atoms with E-state index in [0.717, 1.165) is 0 Å². The molecule has 94 valence electrons. The summed E-state index contributed by atoms with van der Waals surface area (Å²) in [6.07, 6.45) is 1.63. The van der Waals surface area contributed by atoms with Gasteiger partial charge in [-0.05, 0) is 19.9 Å². The van der Waals surface area contributed by atoms with E-state index in [1.54, 1.807) is 16.9 Å². The van der Waals surface area contributed by atoms with Gasteiger partial charge in [0.2, 0.25) is 0 Å². The molecule has 0 aromatic carbocycles. The van der Waals surface area contributed by atoms with Crippen molar-refractivity contribution in [2.24, 2.45) is 0 Å². The van der Waals surface area contributed by atoms with Crippen molar-refractivity contribution in [2.75, 3.05) is 5.73 Å². The van der Waals surface area contributed by atoms with Crippen molar-refractivity contribution >= 4 is 11.5 Å². The molecule has 2 N–H and O–H groups in total. The Morgan fingerprint density at radius 1 is 1.44 bits per heavy atom. The van der Waals surface area contributed by atoms with E-state index in [4.69, 9.17) is 5.73 Å². The fraction of sp³-hybridized carbons (Fsp3) is 0.273. The number of rotatable bonds is 3. The molecule has 7 heteroatoms. The lowest BCUT2D eigenvalue weighted by atomic mass is 10.2. The van der Waals surface area contributed by atoms with Crippen molar-refractivity contribution in [1.29, 1.82) is 0 Å². The highest BCUT2D eigenvalue weighted by molar-refractivity contribution is 5.61. The number of aromatic nitrogens is 3. The van der Waals surface area contributed by atoms with Crippen LogP contribution < -0.4 is 5.73 Å². The van der Waals surface area contributed by atoms with Gasteiger partial charge in [0, 0.05) is 18.3 Å². The molecule has 0 fully saturated rings. The van der Waals surface area contributed by atoms with Crippen molar-refractivity contribution in [1.82, 2.24) is 14.8 Å². The number of anilines is 1. The van der Waals surface area contributed by atoms with Crippen LogP contribution in [0.2, 0.25) is 0 Å². The van der Waals surface area contributed by atoms with Gasteiger partial charge in [0.25, 0.3) is 5.69 Å². The second-order valence-electron chi connectivity index (χ2n) is 4.15. The monoisotopic (exact) mass is 247 g/mol. The van der Waals surface area contributed by atoms with Crippen molar-refractivity contribution in [3.8, 4) is 11.4 Å². The van der Waals surface area contributed by atoms with Crippen molar-refractivity contribution in [2.45, 2.75) is 19.9 Å². The molecule has 0 saturated carbocycles. The van der Waals surface area contributed by atoms with E-state index < -0.39 is 4.92 Å². The topological polar surface area (TPSA) is 99.9 Å². The third-order valence-electron chi connectivity index (χ3n) is 2.46. The molecular weight excluding hydrogens is 234 g/mol. The quantitative estimate of drug-likeness (QED) is 0.660. The van der Waals surface area contributed by atoms with Gasteiger partial charge >= 0.3 is 0 Å². The van der Waals surface area contributed by atoms with Crippen LogP contribution in [-0.2, 0) is 0 Å². The molecule has 0 bridgehead atoms. The smallest absolute Gasteiger partial charge is 0.275 e. The Hall–Kier alpha value is -2.44. The largest absolute Gasteiger partial charge is 0.383 e. The zero-order chi connectivity index (χ0) is 13.3. The van der Waals surface area contributed by atoms with Crippen molar-refractivity contribution < 1.29 is 4.92 Å². The predicted octanol–water partition coefficient (Wildman–Crippen LogP) is 2.02. The molecular formula is C11H13N5O2. The Morgan fingerprint density at radius 3 is 2.78 bits per heavy atom. The Morgan fingerprint density at radius 2 is 2.17 bits per heavy atom. The Bertz CT molecular complexity index is 591. The molecule has 2 heterocycles. The average Bonchev–Trinajstić information content (AvgIpc) is 2.76. The molecule has 0 aliphatic rings. The molecule has 0 spiro atoms. The van der Waals surface area contributed by atoms with Crippen molar-refractivity contribution in [3.05, 3.63) is 34.5 Å². The number of nitro groups is 1. The fourth-order valence-electron chi connectivity index (χ4n) is 1.70. The number of nitrogens with two attached hydrogens (primary N) is 1. The van der Waals surface area contributed by atoms with E-state index in [1.807, 2.05) is 13.8 Å². The lowest BCUT2D eigenvalue weighted by Crippen LogP contribution is -2.06. The van der Waals surface area contributed by atoms with E-state index in [0.29, 0.717) is 11.4 Å². The highest BCUT2D eigenvalue weighted by atomic mass is 16.6. The van der Waals surface area contributed by atoms with Crippen LogP contribution in [-0.4, -0.2) is 19.7 Å². The lowest BCUT2D eigenvalue weighted by molar-refractivity contribution is -0.384. The number of hydrogen-bond donors (Lipinski definition) is 1. The summed E-state index contributed by atoms with van der Waals surface area (Å²) in [7, 11) is 0. The number of hydrogen-bond acceptors (Lipinski definition) is 5. The third-order valence-corrected chi connectivity index (χ3v) is 2.46. The minimum atomic E-state index is -0.488. The second kappa shape index (κ2) is 4.44. The standard InChI is InChI=1S/C11H13N5O2/c1-7(2)15-10(3-4-13-15)9-5-8(16(17)18)6-11(12)14-9/h3-7H,1-2H3,(H2,12,14). The molecule has 0 saturated heterocycles. The summed E-state index contributed by atoms with van der Waals surface area (Å²) in [5.41, 5.74) is 6.67. The van der Waals surface area contributed by atoms with Crippen LogP contribution in [0.4, 0.5) is 11.5 Å². The normalized spacial score (nSPS) is 10.8. The summed E-state index contributed by atoms with van der Waals surface area (Å²) in [5.74, 6) is 0.121. The predicted molar refractivity (Wildman–Crippen MR) is 66.9 cm³/mol. The van der Waals surface area contributed by atoms with Crippen LogP contribution in [0, 0.1) is 10.1 Å². The van der Waals surface area contributed by atoms with Gasteiger partial charge in [-0.2, -0.15) is 5.10 Å². The Balaban J connectivity index is 2.57. The van der Waals surface area contributed by atoms with Gasteiger partial charge in [-0.25, -0.2) is 4.98 Å². The van der Waals surface area contributed by atoms with E-state index in [-0.39, 0.29) is 17.5 Å². The van der Waals surface area contributed by atoms with Gasteiger partial charge in [0.1, 0.15) is 5.82 Å². The van der Waals surface area contributed by atoms with Crippen molar-refractivity contribution in [3.63, 3.8) is 0 Å². The van der Waals surface area contributed by atoms with Crippen LogP contribution in [0.5, 0.6) is 0 Å². The van der Waals surface area contributed by atoms with Crippen LogP contribution in [0.1, 0.15) is 19.9 Å². The minimum Gasteiger partial charge on any atom is -0.383 e. The van der Waals surface area contributed by atoms with E-state index >= 15 is 0 Å². The van der Waals surface area contributed by atoms with Gasteiger partial charge in [0.05, 0.1) is 22.4 Å².